The zero-order valence-corrected chi connectivity index (χ0v) is 70.0. The summed E-state index contributed by atoms with van der Waals surface area (Å²) in [6, 6.07) is 128. The molecule has 6 aromatic heterocycles. The molecule has 24 aromatic rings. The number of furan rings is 3. The Balaban J connectivity index is 0.000000104. The lowest BCUT2D eigenvalue weighted by molar-refractivity contribution is 0.619. The molecule has 3 aliphatic carbocycles. The van der Waals surface area contributed by atoms with Gasteiger partial charge in [-0.1, -0.05) is 327 Å². The first kappa shape index (κ1) is 72.9. The average Bonchev–Trinajstić information content (AvgIpc) is 1.55. The van der Waals surface area contributed by atoms with E-state index in [9.17, 15) is 0 Å². The molecule has 0 aliphatic heterocycles. The maximum absolute atomic E-state index is 6.82. The van der Waals surface area contributed by atoms with Gasteiger partial charge < -0.3 is 13.3 Å². The highest BCUT2D eigenvalue weighted by molar-refractivity contribution is 6.17. The number of hydrogen-bond donors (Lipinski definition) is 0. The number of benzene rings is 18. The van der Waals surface area contributed by atoms with Crippen molar-refractivity contribution in [1.29, 1.82) is 0 Å². The van der Waals surface area contributed by atoms with Gasteiger partial charge in [-0.15, -0.1) is 0 Å². The fraction of sp³-hybridized carbons (Fsp3) is 0.0769. The van der Waals surface area contributed by atoms with Gasteiger partial charge in [0.15, 0.2) is 17.5 Å². The molecule has 0 N–H and O–H groups in total. The number of rotatable bonds is 6. The lowest BCUT2D eigenvalue weighted by atomic mass is 9.82. The van der Waals surface area contributed by atoms with Crippen molar-refractivity contribution in [2.24, 2.45) is 0 Å². The van der Waals surface area contributed by atoms with Crippen LogP contribution in [0.3, 0.4) is 0 Å². The summed E-state index contributed by atoms with van der Waals surface area (Å²) in [5.74, 6) is 2.14. The Morgan fingerprint density at radius 1 is 0.206 bits per heavy atom. The minimum absolute atomic E-state index is 0.129. The van der Waals surface area contributed by atoms with Crippen LogP contribution < -0.4 is 0 Å². The van der Waals surface area contributed by atoms with Gasteiger partial charge in [0, 0.05) is 120 Å². The molecular formula is C117H78N6O3. The van der Waals surface area contributed by atoms with Gasteiger partial charge in [0.05, 0.1) is 33.6 Å². The van der Waals surface area contributed by atoms with Crippen LogP contribution in [0.5, 0.6) is 0 Å². The summed E-state index contributed by atoms with van der Waals surface area (Å²) in [5, 5.41) is 16.8. The summed E-state index contributed by atoms with van der Waals surface area (Å²) in [6.07, 6.45) is 0. The lowest BCUT2D eigenvalue weighted by Gasteiger charge is -2.21. The van der Waals surface area contributed by atoms with Gasteiger partial charge in [-0.25, -0.2) is 29.9 Å². The second-order valence-electron chi connectivity index (χ2n) is 35.4. The highest BCUT2D eigenvalue weighted by Crippen LogP contribution is 2.57. The summed E-state index contributed by atoms with van der Waals surface area (Å²) in [5.41, 5.74) is 32.3. The molecular weight excluding hydrogens is 1540 g/mol. The Labute approximate surface area is 725 Å². The van der Waals surface area contributed by atoms with Crippen molar-refractivity contribution in [2.75, 3.05) is 0 Å². The van der Waals surface area contributed by atoms with Gasteiger partial charge >= 0.3 is 0 Å². The molecule has 594 valence electrons. The minimum Gasteiger partial charge on any atom is -0.456 e. The van der Waals surface area contributed by atoms with Gasteiger partial charge in [-0.3, -0.25) is 0 Å². The van der Waals surface area contributed by atoms with Gasteiger partial charge in [0.2, 0.25) is 0 Å². The van der Waals surface area contributed by atoms with Crippen LogP contribution in [0.15, 0.2) is 377 Å². The van der Waals surface area contributed by atoms with Crippen molar-refractivity contribution in [1.82, 2.24) is 29.9 Å². The SMILES string of the molecule is CC1(C)c2ccccc2-c2ccc3c(oc4cc(-c5nc(-c6c7ccccc7cc7ccccc67)nc6ccccc56)ccc43)c21.CC1(C)c2ccccc2-c2ccc3c(oc4cc(-c5nc(-c6ccccc6)c6ccc7ccccc7c6n5)ccc43)c21.CC1(C)c2ccccc2-c2ccc3c(oc4cc(-c5nc(-c6ccccc6)nc6ccccc56)ccc43)c21. The zero-order valence-electron chi connectivity index (χ0n) is 70.0. The topological polar surface area (TPSA) is 117 Å². The van der Waals surface area contributed by atoms with E-state index in [-0.39, 0.29) is 16.2 Å². The van der Waals surface area contributed by atoms with Crippen LogP contribution in [0.25, 0.3) is 232 Å². The Bertz CT molecular complexity index is 8720. The van der Waals surface area contributed by atoms with Crippen molar-refractivity contribution in [3.05, 3.63) is 397 Å². The zero-order chi connectivity index (χ0) is 84.0. The van der Waals surface area contributed by atoms with Crippen molar-refractivity contribution >= 4 is 131 Å². The maximum Gasteiger partial charge on any atom is 0.161 e. The normalized spacial score (nSPS) is 13.7. The number of fused-ring (bicyclic) bond motifs is 28. The third-order valence-electron chi connectivity index (χ3n) is 27.1. The number of aromatic nitrogens is 6. The number of para-hydroxylation sites is 2. The Hall–Kier alpha value is -15.8. The first-order valence-electron chi connectivity index (χ1n) is 43.3. The summed E-state index contributed by atoms with van der Waals surface area (Å²) in [6.45, 7) is 13.8. The Kier molecular flexibility index (Phi) is 16.0. The first-order valence-corrected chi connectivity index (χ1v) is 43.3. The van der Waals surface area contributed by atoms with Crippen LogP contribution >= 0.6 is 0 Å². The van der Waals surface area contributed by atoms with Crippen LogP contribution in [0, 0.1) is 0 Å². The van der Waals surface area contributed by atoms with Crippen LogP contribution in [0.2, 0.25) is 0 Å². The van der Waals surface area contributed by atoms with E-state index in [1.54, 1.807) is 0 Å². The first-order chi connectivity index (χ1) is 61.7. The second-order valence-corrected chi connectivity index (χ2v) is 35.4. The Morgan fingerprint density at radius 2 is 0.548 bits per heavy atom. The molecule has 0 atom stereocenters. The van der Waals surface area contributed by atoms with Gasteiger partial charge in [0.25, 0.3) is 0 Å². The van der Waals surface area contributed by atoms with Crippen LogP contribution in [0.4, 0.5) is 0 Å². The smallest absolute Gasteiger partial charge is 0.161 e. The summed E-state index contributed by atoms with van der Waals surface area (Å²) in [7, 11) is 0. The molecule has 9 heteroatoms. The van der Waals surface area contributed by atoms with Crippen molar-refractivity contribution in [2.45, 2.75) is 57.8 Å². The van der Waals surface area contributed by atoms with E-state index in [2.05, 4.69) is 363 Å². The van der Waals surface area contributed by atoms with E-state index in [0.29, 0.717) is 5.82 Å². The monoisotopic (exact) mass is 1610 g/mol. The third kappa shape index (κ3) is 11.1. The standard InChI is InChI=1S/C43H28N2O.C39H26N2O.C35H24N2O/c1-43(2)35-17-9-7-15-30(35)32-21-22-33-31-20-19-27(24-37(31)46-41(33)39(32)43)40-34-16-8-10-18-36(34)44-42(45-40)38-28-13-5-3-11-25(28)23-26-12-4-6-14-29(26)38;1-39(2)32-15-9-8-14-27(32)29-20-21-30-28-18-17-25(22-33(28)42-37(30)34(29)39)38-40-35(24-11-4-3-5-12-24)31-19-16-23-10-6-7-13-26(23)36(31)41-38;1-35(2)28-14-8-6-12-23(28)25-18-19-26-24-17-16-22(20-30(24)38-33(26)31(25)35)32-27-13-7-9-15-29(27)36-34(37-32)21-10-4-3-5-11-21/h3-24H,1-2H3;3-22H,1-2H3;3-20H,1-2H3. The molecule has 6 heterocycles. The summed E-state index contributed by atoms with van der Waals surface area (Å²) >= 11 is 0. The van der Waals surface area contributed by atoms with E-state index in [1.165, 1.54) is 82.9 Å². The van der Waals surface area contributed by atoms with Crippen LogP contribution in [0.1, 0.15) is 74.9 Å². The predicted octanol–water partition coefficient (Wildman–Crippen LogP) is 31.0. The molecule has 0 unspecified atom stereocenters. The third-order valence-corrected chi connectivity index (χ3v) is 27.1. The summed E-state index contributed by atoms with van der Waals surface area (Å²) < 4.78 is 20.3. The molecule has 0 saturated carbocycles. The highest BCUT2D eigenvalue weighted by atomic mass is 16.3. The predicted molar refractivity (Wildman–Crippen MR) is 518 cm³/mol. The van der Waals surface area contributed by atoms with Crippen LogP contribution in [-0.4, -0.2) is 29.9 Å². The van der Waals surface area contributed by atoms with Crippen molar-refractivity contribution in [3.63, 3.8) is 0 Å². The fourth-order valence-electron chi connectivity index (χ4n) is 21.2. The second kappa shape index (κ2) is 27.6. The van der Waals surface area contributed by atoms with E-state index in [4.69, 9.17) is 43.2 Å². The minimum atomic E-state index is -0.152. The number of nitrogens with zero attached hydrogens (tertiary/aromatic N) is 6. The summed E-state index contributed by atoms with van der Waals surface area (Å²) in [4.78, 5) is 30.8. The quantitative estimate of drug-likeness (QED) is 0.118. The van der Waals surface area contributed by atoms with E-state index in [0.717, 1.165) is 177 Å². The fourth-order valence-corrected chi connectivity index (χ4v) is 21.2. The Morgan fingerprint density at radius 3 is 1.02 bits per heavy atom. The molecule has 0 spiro atoms. The van der Waals surface area contributed by atoms with Crippen molar-refractivity contribution < 1.29 is 13.3 Å². The average molecular weight is 1620 g/mol. The maximum atomic E-state index is 6.82. The van der Waals surface area contributed by atoms with Gasteiger partial charge in [-0.2, -0.15) is 0 Å². The molecule has 0 saturated heterocycles. The molecule has 3 aliphatic rings. The van der Waals surface area contributed by atoms with Gasteiger partial charge in [0.1, 0.15) is 33.5 Å². The van der Waals surface area contributed by atoms with Gasteiger partial charge in [-0.05, 0) is 156 Å². The molecule has 0 fully saturated rings. The molecule has 18 aromatic carbocycles. The molecule has 0 bridgehead atoms. The molecule has 0 amide bonds. The van der Waals surface area contributed by atoms with Crippen molar-refractivity contribution in [3.8, 4) is 101 Å². The molecule has 126 heavy (non-hydrogen) atoms. The van der Waals surface area contributed by atoms with E-state index in [1.807, 2.05) is 42.5 Å². The number of hydrogen-bond acceptors (Lipinski definition) is 9. The highest BCUT2D eigenvalue weighted by Gasteiger charge is 2.42. The molecule has 9 nitrogen and oxygen atoms in total. The van der Waals surface area contributed by atoms with Crippen LogP contribution in [-0.2, 0) is 16.2 Å². The lowest BCUT2D eigenvalue weighted by Crippen LogP contribution is -2.15. The molecule has 0 radical (unpaired) electrons. The van der Waals surface area contributed by atoms with E-state index >= 15 is 0 Å². The van der Waals surface area contributed by atoms with E-state index < -0.39 is 0 Å². The molecule has 27 rings (SSSR count). The largest absolute Gasteiger partial charge is 0.456 e.